The summed E-state index contributed by atoms with van der Waals surface area (Å²) in [5.74, 6) is 4.05. The topological polar surface area (TPSA) is 50.9 Å². The van der Waals surface area contributed by atoms with Gasteiger partial charge in [-0.25, -0.2) is 14.2 Å². The van der Waals surface area contributed by atoms with E-state index in [-0.39, 0.29) is 16.3 Å². The minimum atomic E-state index is -0.950. The first-order valence-corrected chi connectivity index (χ1v) is 5.95. The Kier molecular flexibility index (Phi) is 4.09. The number of nitrogens with one attached hydrogen (secondary N) is 1. The van der Waals surface area contributed by atoms with E-state index < -0.39 is 17.7 Å². The van der Waals surface area contributed by atoms with Crippen LogP contribution in [0.25, 0.3) is 0 Å². The number of hydrogen-bond acceptors (Lipinski definition) is 3. The van der Waals surface area contributed by atoms with Crippen molar-refractivity contribution >= 4 is 11.6 Å². The first-order valence-electron chi connectivity index (χ1n) is 5.57. The fourth-order valence-corrected chi connectivity index (χ4v) is 2.08. The smallest absolute Gasteiger partial charge is 0.134 e. The standard InChI is InChI=1S/C13H12ClF2N3/c1-7-4-5-9(15)10(11(7)16)13(19-17)12-8(14)3-2-6-18-12/h2-6,13,19H,17H2,1H3. The molecule has 19 heavy (non-hydrogen) atoms. The van der Waals surface area contributed by atoms with Crippen LogP contribution in [-0.2, 0) is 0 Å². The van der Waals surface area contributed by atoms with E-state index in [0.717, 1.165) is 0 Å². The van der Waals surface area contributed by atoms with Crippen molar-refractivity contribution in [2.45, 2.75) is 13.0 Å². The Morgan fingerprint density at radius 1 is 1.32 bits per heavy atom. The van der Waals surface area contributed by atoms with Crippen LogP contribution in [-0.4, -0.2) is 4.98 Å². The number of aromatic nitrogens is 1. The molecular weight excluding hydrogens is 272 g/mol. The Hall–Kier alpha value is -1.56. The maximum atomic E-state index is 14.1. The average Bonchev–Trinajstić information content (AvgIpc) is 2.40. The van der Waals surface area contributed by atoms with Gasteiger partial charge in [-0.05, 0) is 30.7 Å². The van der Waals surface area contributed by atoms with Crippen molar-refractivity contribution < 1.29 is 8.78 Å². The van der Waals surface area contributed by atoms with Gasteiger partial charge in [0, 0.05) is 11.8 Å². The van der Waals surface area contributed by atoms with Crippen LogP contribution in [0.5, 0.6) is 0 Å². The second-order valence-electron chi connectivity index (χ2n) is 4.06. The Labute approximate surface area is 114 Å². The highest BCUT2D eigenvalue weighted by molar-refractivity contribution is 6.31. The van der Waals surface area contributed by atoms with Gasteiger partial charge in [-0.15, -0.1) is 0 Å². The molecule has 2 rings (SSSR count). The van der Waals surface area contributed by atoms with E-state index in [4.69, 9.17) is 17.4 Å². The van der Waals surface area contributed by atoms with E-state index in [1.807, 2.05) is 0 Å². The Balaban J connectivity index is 2.61. The fraction of sp³-hybridized carbons (Fsp3) is 0.154. The number of rotatable bonds is 3. The van der Waals surface area contributed by atoms with Gasteiger partial charge in [0.15, 0.2) is 0 Å². The van der Waals surface area contributed by atoms with Crippen molar-refractivity contribution in [3.05, 3.63) is 63.9 Å². The predicted octanol–water partition coefficient (Wildman–Crippen LogP) is 2.87. The highest BCUT2D eigenvalue weighted by Crippen LogP contribution is 2.30. The highest BCUT2D eigenvalue weighted by atomic mass is 35.5. The third kappa shape index (κ3) is 2.58. The minimum Gasteiger partial charge on any atom is -0.271 e. The molecule has 100 valence electrons. The predicted molar refractivity (Wildman–Crippen MR) is 69.5 cm³/mol. The van der Waals surface area contributed by atoms with E-state index in [2.05, 4.69) is 10.4 Å². The van der Waals surface area contributed by atoms with Crippen LogP contribution in [0.2, 0.25) is 5.02 Å². The van der Waals surface area contributed by atoms with Crippen LogP contribution in [0.15, 0.2) is 30.5 Å². The molecule has 3 N–H and O–H groups in total. The summed E-state index contributed by atoms with van der Waals surface area (Å²) in [4.78, 5) is 4.03. The summed E-state index contributed by atoms with van der Waals surface area (Å²) in [6.07, 6.45) is 1.48. The van der Waals surface area contributed by atoms with Crippen LogP contribution in [0.1, 0.15) is 22.9 Å². The Morgan fingerprint density at radius 2 is 2.05 bits per heavy atom. The largest absolute Gasteiger partial charge is 0.271 e. The Bertz CT molecular complexity index is 604. The molecule has 1 aromatic heterocycles. The molecule has 1 unspecified atom stereocenters. The Morgan fingerprint density at radius 3 is 2.68 bits per heavy atom. The van der Waals surface area contributed by atoms with Gasteiger partial charge in [0.2, 0.25) is 0 Å². The lowest BCUT2D eigenvalue weighted by Gasteiger charge is -2.19. The molecule has 0 aliphatic carbocycles. The lowest BCUT2D eigenvalue weighted by atomic mass is 10.00. The van der Waals surface area contributed by atoms with Gasteiger partial charge in [-0.3, -0.25) is 10.8 Å². The quantitative estimate of drug-likeness (QED) is 0.673. The van der Waals surface area contributed by atoms with Crippen LogP contribution < -0.4 is 11.3 Å². The van der Waals surface area contributed by atoms with Gasteiger partial charge < -0.3 is 0 Å². The van der Waals surface area contributed by atoms with Gasteiger partial charge in [0.25, 0.3) is 0 Å². The summed E-state index contributed by atoms with van der Waals surface area (Å²) >= 11 is 5.99. The SMILES string of the molecule is Cc1ccc(F)c(C(NN)c2ncccc2Cl)c1F. The molecule has 1 atom stereocenters. The fourth-order valence-electron chi connectivity index (χ4n) is 1.85. The van der Waals surface area contributed by atoms with Gasteiger partial charge >= 0.3 is 0 Å². The van der Waals surface area contributed by atoms with Gasteiger partial charge in [-0.2, -0.15) is 0 Å². The van der Waals surface area contributed by atoms with Crippen molar-refractivity contribution in [3.8, 4) is 0 Å². The van der Waals surface area contributed by atoms with E-state index >= 15 is 0 Å². The van der Waals surface area contributed by atoms with Crippen molar-refractivity contribution in [2.24, 2.45) is 5.84 Å². The van der Waals surface area contributed by atoms with Crippen molar-refractivity contribution in [3.63, 3.8) is 0 Å². The summed E-state index contributed by atoms with van der Waals surface area (Å²) in [6, 6.07) is 4.81. The summed E-state index contributed by atoms with van der Waals surface area (Å²) in [5, 5.41) is 0.283. The van der Waals surface area contributed by atoms with E-state index in [0.29, 0.717) is 5.56 Å². The van der Waals surface area contributed by atoms with E-state index in [1.165, 1.54) is 18.3 Å². The van der Waals surface area contributed by atoms with Crippen LogP contribution >= 0.6 is 11.6 Å². The van der Waals surface area contributed by atoms with Gasteiger partial charge in [0.05, 0.1) is 16.8 Å². The van der Waals surface area contributed by atoms with Crippen molar-refractivity contribution in [1.82, 2.24) is 10.4 Å². The molecule has 2 aromatic rings. The number of pyridine rings is 1. The van der Waals surface area contributed by atoms with E-state index in [1.54, 1.807) is 19.1 Å². The van der Waals surface area contributed by atoms with Crippen molar-refractivity contribution in [1.29, 1.82) is 0 Å². The molecule has 0 saturated heterocycles. The second kappa shape index (κ2) is 5.61. The number of hydrogen-bond donors (Lipinski definition) is 2. The third-order valence-corrected chi connectivity index (χ3v) is 3.15. The zero-order valence-corrected chi connectivity index (χ0v) is 10.9. The average molecular weight is 284 g/mol. The summed E-state index contributed by atoms with van der Waals surface area (Å²) in [7, 11) is 0. The van der Waals surface area contributed by atoms with Crippen LogP contribution in [0, 0.1) is 18.6 Å². The lowest BCUT2D eigenvalue weighted by molar-refractivity contribution is 0.502. The number of hydrazine groups is 1. The molecule has 6 heteroatoms. The maximum Gasteiger partial charge on any atom is 0.134 e. The summed E-state index contributed by atoms with van der Waals surface area (Å²) in [5.41, 5.74) is 2.76. The monoisotopic (exact) mass is 283 g/mol. The molecule has 0 aliphatic rings. The summed E-state index contributed by atoms with van der Waals surface area (Å²) < 4.78 is 28.0. The summed E-state index contributed by atoms with van der Waals surface area (Å²) in [6.45, 7) is 1.55. The lowest BCUT2D eigenvalue weighted by Crippen LogP contribution is -2.31. The number of halogens is 3. The molecule has 0 amide bonds. The highest BCUT2D eigenvalue weighted by Gasteiger charge is 2.24. The molecule has 0 fully saturated rings. The van der Waals surface area contributed by atoms with Crippen molar-refractivity contribution in [2.75, 3.05) is 0 Å². The van der Waals surface area contributed by atoms with E-state index in [9.17, 15) is 8.78 Å². The third-order valence-electron chi connectivity index (χ3n) is 2.84. The molecule has 0 bridgehead atoms. The molecule has 3 nitrogen and oxygen atoms in total. The first kappa shape index (κ1) is 13.9. The zero-order chi connectivity index (χ0) is 14.0. The molecule has 0 radical (unpaired) electrons. The molecule has 1 aromatic carbocycles. The number of aryl methyl sites for hydroxylation is 1. The zero-order valence-electron chi connectivity index (χ0n) is 10.1. The molecule has 0 saturated carbocycles. The second-order valence-corrected chi connectivity index (χ2v) is 4.47. The molecular formula is C13H12ClF2N3. The maximum absolute atomic E-state index is 14.1. The number of nitrogens with zero attached hydrogens (tertiary/aromatic N) is 1. The molecule has 0 aliphatic heterocycles. The number of benzene rings is 1. The van der Waals surface area contributed by atoms with Crippen LogP contribution in [0.3, 0.4) is 0 Å². The molecule has 0 spiro atoms. The molecule has 1 heterocycles. The minimum absolute atomic E-state index is 0.192. The van der Waals surface area contributed by atoms with Crippen LogP contribution in [0.4, 0.5) is 8.78 Å². The normalized spacial score (nSPS) is 12.5. The number of nitrogens with two attached hydrogens (primary N) is 1. The van der Waals surface area contributed by atoms with Gasteiger partial charge in [-0.1, -0.05) is 17.7 Å². The van der Waals surface area contributed by atoms with Gasteiger partial charge in [0.1, 0.15) is 11.6 Å². The first-order chi connectivity index (χ1) is 9.06.